The van der Waals surface area contributed by atoms with Gasteiger partial charge >= 0.3 is 0 Å². The van der Waals surface area contributed by atoms with Crippen LogP contribution in [0.15, 0.2) is 24.3 Å². The van der Waals surface area contributed by atoms with Crippen molar-refractivity contribution < 1.29 is 4.74 Å². The van der Waals surface area contributed by atoms with Crippen LogP contribution in [0.25, 0.3) is 0 Å². The maximum absolute atomic E-state index is 6.21. The van der Waals surface area contributed by atoms with Gasteiger partial charge < -0.3 is 10.5 Å². The molecule has 2 N–H and O–H groups in total. The number of rotatable bonds is 9. The molecule has 0 fully saturated rings. The number of nitrogens with two attached hydrogens (primary N) is 1. The van der Waals surface area contributed by atoms with E-state index in [2.05, 4.69) is 32.9 Å². The normalized spacial score (nSPS) is 12.7. The Kier molecular flexibility index (Phi) is 7.57. The first kappa shape index (κ1) is 16.0. The fourth-order valence-corrected chi connectivity index (χ4v) is 2.06. The first-order valence-corrected chi connectivity index (χ1v) is 7.61. The molecule has 19 heavy (non-hydrogen) atoms. The van der Waals surface area contributed by atoms with E-state index in [0.717, 1.165) is 31.1 Å². The molecule has 1 rings (SSSR count). The Bertz CT molecular complexity index is 332. The van der Waals surface area contributed by atoms with Gasteiger partial charge in [-0.3, -0.25) is 0 Å². The van der Waals surface area contributed by atoms with E-state index in [0.29, 0.717) is 0 Å². The summed E-state index contributed by atoms with van der Waals surface area (Å²) in [6.45, 7) is 7.49. The van der Waals surface area contributed by atoms with E-state index in [1.54, 1.807) is 0 Å². The highest BCUT2D eigenvalue weighted by molar-refractivity contribution is 5.29. The molecular formula is C17H29NO. The molecule has 2 nitrogen and oxygen atoms in total. The Morgan fingerprint density at radius 3 is 2.32 bits per heavy atom. The van der Waals surface area contributed by atoms with Crippen LogP contribution in [0.2, 0.25) is 0 Å². The molecule has 1 aromatic carbocycles. The molecule has 1 aromatic rings. The van der Waals surface area contributed by atoms with Crippen LogP contribution in [0.5, 0.6) is 5.75 Å². The zero-order valence-electron chi connectivity index (χ0n) is 12.7. The minimum Gasteiger partial charge on any atom is -0.494 e. The molecule has 0 aliphatic heterocycles. The third-order valence-corrected chi connectivity index (χ3v) is 3.37. The highest BCUT2D eigenvalue weighted by Crippen LogP contribution is 2.21. The largest absolute Gasteiger partial charge is 0.494 e. The maximum Gasteiger partial charge on any atom is 0.119 e. The third kappa shape index (κ3) is 6.63. The van der Waals surface area contributed by atoms with Crippen molar-refractivity contribution in [2.75, 3.05) is 6.61 Å². The second-order valence-corrected chi connectivity index (χ2v) is 5.70. The lowest BCUT2D eigenvalue weighted by molar-refractivity contribution is 0.309. The van der Waals surface area contributed by atoms with E-state index >= 15 is 0 Å². The van der Waals surface area contributed by atoms with Crippen LogP contribution < -0.4 is 10.5 Å². The van der Waals surface area contributed by atoms with Gasteiger partial charge in [0.1, 0.15) is 5.75 Å². The van der Waals surface area contributed by atoms with Gasteiger partial charge in [-0.25, -0.2) is 0 Å². The maximum atomic E-state index is 6.21. The fourth-order valence-electron chi connectivity index (χ4n) is 2.06. The van der Waals surface area contributed by atoms with Crippen LogP contribution in [0.4, 0.5) is 0 Å². The molecule has 108 valence electrons. The molecule has 0 spiro atoms. The van der Waals surface area contributed by atoms with E-state index in [4.69, 9.17) is 10.5 Å². The highest BCUT2D eigenvalue weighted by Gasteiger charge is 2.06. The third-order valence-electron chi connectivity index (χ3n) is 3.37. The van der Waals surface area contributed by atoms with Crippen LogP contribution in [0.3, 0.4) is 0 Å². The molecule has 0 bridgehead atoms. The molecule has 0 aromatic heterocycles. The van der Waals surface area contributed by atoms with Crippen LogP contribution in [-0.2, 0) is 0 Å². The fraction of sp³-hybridized carbons (Fsp3) is 0.647. The molecule has 0 amide bonds. The Balaban J connectivity index is 2.37. The van der Waals surface area contributed by atoms with E-state index in [1.165, 1.54) is 24.8 Å². The lowest BCUT2D eigenvalue weighted by Gasteiger charge is -2.13. The van der Waals surface area contributed by atoms with Crippen molar-refractivity contribution in [3.05, 3.63) is 29.8 Å². The summed E-state index contributed by atoms with van der Waals surface area (Å²) >= 11 is 0. The molecule has 0 radical (unpaired) electrons. The molecule has 0 aliphatic carbocycles. The number of benzene rings is 1. The first-order chi connectivity index (χ1) is 9.13. The Labute approximate surface area is 118 Å². The highest BCUT2D eigenvalue weighted by atomic mass is 16.5. The second kappa shape index (κ2) is 8.98. The van der Waals surface area contributed by atoms with Gasteiger partial charge in [0.25, 0.3) is 0 Å². The minimum absolute atomic E-state index is 0.156. The number of ether oxygens (including phenoxy) is 1. The zero-order valence-corrected chi connectivity index (χ0v) is 12.7. The summed E-state index contributed by atoms with van der Waals surface area (Å²) in [6.07, 6.45) is 5.79. The van der Waals surface area contributed by atoms with Gasteiger partial charge in [0, 0.05) is 6.04 Å². The summed E-state index contributed by atoms with van der Waals surface area (Å²) < 4.78 is 5.65. The molecule has 0 heterocycles. The van der Waals surface area contributed by atoms with Crippen molar-refractivity contribution in [1.82, 2.24) is 0 Å². The van der Waals surface area contributed by atoms with E-state index in [1.807, 2.05) is 12.1 Å². The monoisotopic (exact) mass is 263 g/mol. The van der Waals surface area contributed by atoms with Gasteiger partial charge in [0.2, 0.25) is 0 Å². The van der Waals surface area contributed by atoms with Gasteiger partial charge in [0.05, 0.1) is 6.61 Å². The Morgan fingerprint density at radius 1 is 1.05 bits per heavy atom. The summed E-state index contributed by atoms with van der Waals surface area (Å²) in [6, 6.07) is 8.42. The van der Waals surface area contributed by atoms with Crippen molar-refractivity contribution in [2.45, 2.75) is 58.9 Å². The van der Waals surface area contributed by atoms with Crippen molar-refractivity contribution in [3.63, 3.8) is 0 Å². The predicted octanol–water partition coefficient (Wildman–Crippen LogP) is 4.69. The van der Waals surface area contributed by atoms with Gasteiger partial charge in [-0.2, -0.15) is 0 Å². The molecule has 2 heteroatoms. The summed E-state index contributed by atoms with van der Waals surface area (Å²) in [5, 5.41) is 0. The summed E-state index contributed by atoms with van der Waals surface area (Å²) in [5.74, 6) is 1.72. The van der Waals surface area contributed by atoms with Gasteiger partial charge in [-0.1, -0.05) is 52.2 Å². The predicted molar refractivity (Wildman–Crippen MR) is 82.5 cm³/mol. The zero-order chi connectivity index (χ0) is 14.1. The lowest BCUT2D eigenvalue weighted by atomic mass is 9.99. The Morgan fingerprint density at radius 2 is 1.74 bits per heavy atom. The molecule has 0 saturated heterocycles. The average molecular weight is 263 g/mol. The van der Waals surface area contributed by atoms with Crippen LogP contribution in [0.1, 0.15) is 64.5 Å². The number of unbranched alkanes of at least 4 members (excludes halogenated alkanes) is 1. The number of hydrogen-bond donors (Lipinski definition) is 1. The summed E-state index contributed by atoms with van der Waals surface area (Å²) in [7, 11) is 0. The van der Waals surface area contributed by atoms with Crippen LogP contribution >= 0.6 is 0 Å². The van der Waals surface area contributed by atoms with Gasteiger partial charge in [-0.05, 0) is 36.5 Å². The van der Waals surface area contributed by atoms with Crippen molar-refractivity contribution in [2.24, 2.45) is 11.7 Å². The summed E-state index contributed by atoms with van der Waals surface area (Å²) in [4.78, 5) is 0. The standard InChI is InChI=1S/C17H29NO/c1-4-5-13-19-16-11-9-15(10-12-16)17(18)8-6-7-14(2)3/h9-12,14,17H,4-8,13,18H2,1-3H3. The van der Waals surface area contributed by atoms with Gasteiger partial charge in [-0.15, -0.1) is 0 Å². The summed E-state index contributed by atoms with van der Waals surface area (Å²) in [5.41, 5.74) is 7.43. The van der Waals surface area contributed by atoms with E-state index < -0.39 is 0 Å². The first-order valence-electron chi connectivity index (χ1n) is 7.61. The average Bonchev–Trinajstić information content (AvgIpc) is 2.39. The van der Waals surface area contributed by atoms with E-state index in [-0.39, 0.29) is 6.04 Å². The molecule has 0 saturated carbocycles. The quantitative estimate of drug-likeness (QED) is 0.656. The van der Waals surface area contributed by atoms with Crippen molar-refractivity contribution in [3.8, 4) is 5.75 Å². The van der Waals surface area contributed by atoms with Gasteiger partial charge in [0.15, 0.2) is 0 Å². The molecule has 0 aliphatic rings. The second-order valence-electron chi connectivity index (χ2n) is 5.70. The van der Waals surface area contributed by atoms with Crippen molar-refractivity contribution in [1.29, 1.82) is 0 Å². The topological polar surface area (TPSA) is 35.2 Å². The molecular weight excluding hydrogens is 234 g/mol. The van der Waals surface area contributed by atoms with Crippen LogP contribution in [0, 0.1) is 5.92 Å². The van der Waals surface area contributed by atoms with Crippen LogP contribution in [-0.4, -0.2) is 6.61 Å². The lowest BCUT2D eigenvalue weighted by Crippen LogP contribution is -2.10. The van der Waals surface area contributed by atoms with E-state index in [9.17, 15) is 0 Å². The molecule has 1 unspecified atom stereocenters. The SMILES string of the molecule is CCCCOc1ccc(C(N)CCCC(C)C)cc1. The van der Waals surface area contributed by atoms with Crippen molar-refractivity contribution >= 4 is 0 Å². The smallest absolute Gasteiger partial charge is 0.119 e. The minimum atomic E-state index is 0.156. The number of hydrogen-bond acceptors (Lipinski definition) is 2. The Hall–Kier alpha value is -1.02. The molecule has 1 atom stereocenters.